The lowest BCUT2D eigenvalue weighted by Crippen LogP contribution is -2.29. The first-order valence-corrected chi connectivity index (χ1v) is 5.66. The van der Waals surface area contributed by atoms with Crippen LogP contribution in [0.1, 0.15) is 31.6 Å². The van der Waals surface area contributed by atoms with Gasteiger partial charge in [-0.15, -0.1) is 11.3 Å². The Morgan fingerprint density at radius 3 is 2.86 bits per heavy atom. The molecule has 2 nitrogen and oxygen atoms in total. The van der Waals surface area contributed by atoms with Crippen molar-refractivity contribution in [2.45, 2.75) is 32.3 Å². The van der Waals surface area contributed by atoms with Gasteiger partial charge < -0.3 is 5.11 Å². The van der Waals surface area contributed by atoms with E-state index >= 15 is 0 Å². The van der Waals surface area contributed by atoms with E-state index in [9.17, 15) is 5.11 Å². The smallest absolute Gasteiger partial charge is 0.112 e. The number of thiophene rings is 1. The minimum atomic E-state index is -1.00. The maximum absolute atomic E-state index is 10.3. The van der Waals surface area contributed by atoms with Crippen LogP contribution in [0.2, 0.25) is 0 Å². The maximum Gasteiger partial charge on any atom is 0.112 e. The quantitative estimate of drug-likeness (QED) is 0.828. The zero-order chi connectivity index (χ0) is 10.6. The molecule has 0 fully saturated rings. The Kier molecular flexibility index (Phi) is 3.68. The lowest BCUT2D eigenvalue weighted by molar-refractivity contribution is 0.0166. The summed E-state index contributed by atoms with van der Waals surface area (Å²) < 4.78 is 0. The number of rotatable bonds is 4. The summed E-state index contributed by atoms with van der Waals surface area (Å²) >= 11 is 1.50. The van der Waals surface area contributed by atoms with Gasteiger partial charge in [0.15, 0.2) is 0 Å². The van der Waals surface area contributed by atoms with Gasteiger partial charge in [-0.25, -0.2) is 0 Å². The summed E-state index contributed by atoms with van der Waals surface area (Å²) in [5, 5.41) is 21.2. The van der Waals surface area contributed by atoms with Crippen LogP contribution >= 0.6 is 11.3 Å². The first kappa shape index (κ1) is 11.2. The highest BCUT2D eigenvalue weighted by Crippen LogP contribution is 2.34. The van der Waals surface area contributed by atoms with Crippen molar-refractivity contribution in [3.8, 4) is 6.07 Å². The topological polar surface area (TPSA) is 44.0 Å². The van der Waals surface area contributed by atoms with Crippen LogP contribution in [0.15, 0.2) is 17.5 Å². The van der Waals surface area contributed by atoms with Crippen LogP contribution in [0.4, 0.5) is 0 Å². The van der Waals surface area contributed by atoms with Gasteiger partial charge in [-0.1, -0.05) is 19.4 Å². The van der Waals surface area contributed by atoms with Crippen LogP contribution in [-0.2, 0) is 5.60 Å². The van der Waals surface area contributed by atoms with Gasteiger partial charge in [-0.05, 0) is 24.8 Å². The molecule has 0 aliphatic carbocycles. The van der Waals surface area contributed by atoms with Gasteiger partial charge >= 0.3 is 0 Å². The van der Waals surface area contributed by atoms with Gasteiger partial charge in [0.2, 0.25) is 0 Å². The van der Waals surface area contributed by atoms with Crippen LogP contribution in [0.5, 0.6) is 0 Å². The van der Waals surface area contributed by atoms with Crippen LogP contribution in [0.3, 0.4) is 0 Å². The first-order valence-electron chi connectivity index (χ1n) is 4.79. The summed E-state index contributed by atoms with van der Waals surface area (Å²) in [6.45, 7) is 3.75. The average molecular weight is 209 g/mol. The van der Waals surface area contributed by atoms with Crippen molar-refractivity contribution in [3.63, 3.8) is 0 Å². The van der Waals surface area contributed by atoms with Gasteiger partial charge in [0, 0.05) is 4.88 Å². The molecule has 14 heavy (non-hydrogen) atoms. The largest absolute Gasteiger partial charge is 0.383 e. The second kappa shape index (κ2) is 4.59. The highest BCUT2D eigenvalue weighted by Gasteiger charge is 2.33. The zero-order valence-corrected chi connectivity index (χ0v) is 9.34. The van der Waals surface area contributed by atoms with Crippen LogP contribution in [-0.4, -0.2) is 5.11 Å². The van der Waals surface area contributed by atoms with Crippen LogP contribution < -0.4 is 0 Å². The van der Waals surface area contributed by atoms with E-state index in [1.807, 2.05) is 24.4 Å². The third-order valence-corrected chi connectivity index (χ3v) is 3.53. The molecule has 3 heteroatoms. The third-order valence-electron chi connectivity index (χ3n) is 2.43. The molecule has 0 spiro atoms. The molecule has 0 saturated heterocycles. The molecule has 1 rings (SSSR count). The molecule has 0 bridgehead atoms. The summed E-state index contributed by atoms with van der Waals surface area (Å²) in [4.78, 5) is 0.873. The highest BCUT2D eigenvalue weighted by molar-refractivity contribution is 7.10. The first-order chi connectivity index (χ1) is 6.62. The van der Waals surface area contributed by atoms with Gasteiger partial charge in [-0.2, -0.15) is 5.26 Å². The summed E-state index contributed by atoms with van der Waals surface area (Å²) in [7, 11) is 0. The standard InChI is InChI=1S/C11H15NOS/c1-3-5-9(8-12)11(2,13)10-6-4-7-14-10/h4,6-7,9,13H,3,5H2,1-2H3. The molecular weight excluding hydrogens is 194 g/mol. The Balaban J connectivity index is 2.88. The lowest BCUT2D eigenvalue weighted by atomic mass is 9.85. The van der Waals surface area contributed by atoms with Gasteiger partial charge in [-0.3, -0.25) is 0 Å². The van der Waals surface area contributed by atoms with Crippen LogP contribution in [0.25, 0.3) is 0 Å². The van der Waals surface area contributed by atoms with E-state index in [4.69, 9.17) is 5.26 Å². The predicted molar refractivity (Wildman–Crippen MR) is 57.9 cm³/mol. The van der Waals surface area contributed by atoms with E-state index in [1.54, 1.807) is 6.92 Å². The number of nitrogens with zero attached hydrogens (tertiary/aromatic N) is 1. The molecule has 0 saturated carbocycles. The Bertz CT molecular complexity index is 311. The monoisotopic (exact) mass is 209 g/mol. The summed E-state index contributed by atoms with van der Waals surface area (Å²) in [6, 6.07) is 5.97. The molecule has 0 amide bonds. The molecule has 1 N–H and O–H groups in total. The normalized spacial score (nSPS) is 17.0. The van der Waals surface area contributed by atoms with E-state index < -0.39 is 5.60 Å². The molecule has 0 aliphatic heterocycles. The van der Waals surface area contributed by atoms with Crippen molar-refractivity contribution in [1.82, 2.24) is 0 Å². The maximum atomic E-state index is 10.3. The number of hydrogen-bond donors (Lipinski definition) is 1. The molecule has 0 aliphatic rings. The van der Waals surface area contributed by atoms with Crippen molar-refractivity contribution in [2.24, 2.45) is 5.92 Å². The second-order valence-electron chi connectivity index (χ2n) is 3.60. The molecule has 0 radical (unpaired) electrons. The van der Waals surface area contributed by atoms with E-state index in [2.05, 4.69) is 6.07 Å². The molecular formula is C11H15NOS. The van der Waals surface area contributed by atoms with Gasteiger partial charge in [0.1, 0.15) is 5.60 Å². The number of hydrogen-bond acceptors (Lipinski definition) is 3. The average Bonchev–Trinajstić information content (AvgIpc) is 2.66. The van der Waals surface area contributed by atoms with Crippen molar-refractivity contribution in [1.29, 1.82) is 5.26 Å². The Hall–Kier alpha value is -0.850. The van der Waals surface area contributed by atoms with Gasteiger partial charge in [0.25, 0.3) is 0 Å². The third kappa shape index (κ3) is 2.14. The Morgan fingerprint density at radius 1 is 1.71 bits per heavy atom. The predicted octanol–water partition coefficient (Wildman–Crippen LogP) is 2.90. The molecule has 1 aromatic rings. The van der Waals surface area contributed by atoms with Crippen molar-refractivity contribution in [3.05, 3.63) is 22.4 Å². The Morgan fingerprint density at radius 2 is 2.43 bits per heavy atom. The van der Waals surface area contributed by atoms with Gasteiger partial charge in [0.05, 0.1) is 12.0 Å². The van der Waals surface area contributed by atoms with Crippen molar-refractivity contribution < 1.29 is 5.11 Å². The van der Waals surface area contributed by atoms with E-state index in [0.29, 0.717) is 0 Å². The zero-order valence-electron chi connectivity index (χ0n) is 8.53. The molecule has 1 heterocycles. The fraction of sp³-hybridized carbons (Fsp3) is 0.545. The minimum Gasteiger partial charge on any atom is -0.383 e. The molecule has 2 atom stereocenters. The number of aliphatic hydroxyl groups is 1. The van der Waals surface area contributed by atoms with Crippen molar-refractivity contribution >= 4 is 11.3 Å². The molecule has 2 unspecified atom stereocenters. The van der Waals surface area contributed by atoms with E-state index in [1.165, 1.54) is 11.3 Å². The second-order valence-corrected chi connectivity index (χ2v) is 4.54. The lowest BCUT2D eigenvalue weighted by Gasteiger charge is -2.26. The molecule has 76 valence electrons. The van der Waals surface area contributed by atoms with E-state index in [0.717, 1.165) is 17.7 Å². The number of nitriles is 1. The fourth-order valence-corrected chi connectivity index (χ4v) is 2.34. The fourth-order valence-electron chi connectivity index (χ4n) is 1.50. The SMILES string of the molecule is CCCC(C#N)C(C)(O)c1cccs1. The van der Waals surface area contributed by atoms with E-state index in [-0.39, 0.29) is 5.92 Å². The minimum absolute atomic E-state index is 0.314. The van der Waals surface area contributed by atoms with Crippen molar-refractivity contribution in [2.75, 3.05) is 0 Å². The molecule has 0 aromatic carbocycles. The molecule has 1 aromatic heterocycles. The Labute approximate surface area is 88.8 Å². The highest BCUT2D eigenvalue weighted by atomic mass is 32.1. The summed E-state index contributed by atoms with van der Waals surface area (Å²) in [6.07, 6.45) is 1.65. The summed E-state index contributed by atoms with van der Waals surface area (Å²) in [5.74, 6) is -0.314. The van der Waals surface area contributed by atoms with Crippen LogP contribution in [0, 0.1) is 17.2 Å². The summed E-state index contributed by atoms with van der Waals surface area (Å²) in [5.41, 5.74) is -1.00.